The Labute approximate surface area is 113 Å². The van der Waals surface area contributed by atoms with Gasteiger partial charge in [0.2, 0.25) is 0 Å². The van der Waals surface area contributed by atoms with Crippen LogP contribution in [0.2, 0.25) is 0 Å². The van der Waals surface area contributed by atoms with Crippen LogP contribution in [0.5, 0.6) is 0 Å². The summed E-state index contributed by atoms with van der Waals surface area (Å²) in [6.07, 6.45) is 4.09. The first-order valence-corrected chi connectivity index (χ1v) is 7.57. The van der Waals surface area contributed by atoms with Gasteiger partial charge in [-0.15, -0.1) is 0 Å². The van der Waals surface area contributed by atoms with Crippen LogP contribution in [0, 0.1) is 0 Å². The van der Waals surface area contributed by atoms with Gasteiger partial charge in [-0.25, -0.2) is 4.79 Å². The largest absolute Gasteiger partial charge is 0.445 e. The lowest BCUT2D eigenvalue weighted by Gasteiger charge is -2.30. The average molecular weight is 265 g/mol. The summed E-state index contributed by atoms with van der Waals surface area (Å²) in [6.45, 7) is 2.00. The molecule has 1 aromatic carbocycles. The number of hydrogen-bond donors (Lipinski definition) is 0. The van der Waals surface area contributed by atoms with E-state index in [0.717, 1.165) is 31.5 Å². The van der Waals surface area contributed by atoms with Crippen LogP contribution in [0.25, 0.3) is 0 Å². The van der Waals surface area contributed by atoms with E-state index in [1.165, 1.54) is 0 Å². The van der Waals surface area contributed by atoms with Gasteiger partial charge in [0.05, 0.1) is 0 Å². The lowest BCUT2D eigenvalue weighted by molar-refractivity contribution is 0.0901. The van der Waals surface area contributed by atoms with Crippen LogP contribution >= 0.6 is 11.8 Å². The van der Waals surface area contributed by atoms with E-state index < -0.39 is 0 Å². The van der Waals surface area contributed by atoms with Crippen molar-refractivity contribution in [2.24, 2.45) is 0 Å². The summed E-state index contributed by atoms with van der Waals surface area (Å²) in [4.78, 5) is 13.7. The van der Waals surface area contributed by atoms with Gasteiger partial charge in [0.25, 0.3) is 0 Å². The number of likely N-dealkylation sites (tertiary alicyclic amines) is 1. The molecule has 0 bridgehead atoms. The number of ether oxygens (including phenoxy) is 1. The lowest BCUT2D eigenvalue weighted by Crippen LogP contribution is -2.39. The molecule has 1 aromatic rings. The molecule has 0 saturated carbocycles. The fourth-order valence-corrected chi connectivity index (χ4v) is 2.77. The summed E-state index contributed by atoms with van der Waals surface area (Å²) < 4.78 is 5.32. The minimum atomic E-state index is -0.182. The highest BCUT2D eigenvalue weighted by atomic mass is 32.2. The van der Waals surface area contributed by atoms with Crippen LogP contribution in [0.4, 0.5) is 4.79 Å². The third-order valence-corrected chi connectivity index (χ3v) is 4.38. The maximum atomic E-state index is 11.9. The number of benzene rings is 1. The standard InChI is InChI=1S/C14H19NO2S/c1-18-13-7-9-15(10-8-13)14(16)17-11-12-5-3-2-4-6-12/h2-6,13H,7-11H2,1H3. The van der Waals surface area contributed by atoms with Gasteiger partial charge >= 0.3 is 6.09 Å². The second-order valence-electron chi connectivity index (χ2n) is 4.46. The number of rotatable bonds is 3. The molecular weight excluding hydrogens is 246 g/mol. The molecule has 1 saturated heterocycles. The molecule has 0 aliphatic carbocycles. The van der Waals surface area contributed by atoms with Gasteiger partial charge in [-0.1, -0.05) is 30.3 Å². The molecule has 0 aromatic heterocycles. The molecule has 3 nitrogen and oxygen atoms in total. The molecule has 98 valence electrons. The second-order valence-corrected chi connectivity index (χ2v) is 5.60. The highest BCUT2D eigenvalue weighted by Gasteiger charge is 2.22. The maximum Gasteiger partial charge on any atom is 0.410 e. The second kappa shape index (κ2) is 6.69. The third-order valence-electron chi connectivity index (χ3n) is 3.24. The number of thioether (sulfide) groups is 1. The topological polar surface area (TPSA) is 29.5 Å². The zero-order valence-electron chi connectivity index (χ0n) is 10.7. The van der Waals surface area contributed by atoms with E-state index in [0.29, 0.717) is 11.9 Å². The van der Waals surface area contributed by atoms with Crippen LogP contribution in [-0.4, -0.2) is 35.6 Å². The predicted octanol–water partition coefficient (Wildman–Crippen LogP) is 3.15. The number of nitrogens with zero attached hydrogens (tertiary/aromatic N) is 1. The Morgan fingerprint density at radius 1 is 1.33 bits per heavy atom. The maximum absolute atomic E-state index is 11.9. The number of amides is 1. The van der Waals surface area contributed by atoms with E-state index in [9.17, 15) is 4.79 Å². The van der Waals surface area contributed by atoms with E-state index in [-0.39, 0.29) is 6.09 Å². The normalized spacial score (nSPS) is 16.6. The predicted molar refractivity (Wildman–Crippen MR) is 74.7 cm³/mol. The average Bonchev–Trinajstić information content (AvgIpc) is 2.46. The first kappa shape index (κ1) is 13.3. The molecule has 4 heteroatoms. The SMILES string of the molecule is CSC1CCN(C(=O)OCc2ccccc2)CC1. The zero-order valence-corrected chi connectivity index (χ0v) is 11.5. The van der Waals surface area contributed by atoms with Crippen molar-refractivity contribution in [2.45, 2.75) is 24.7 Å². The van der Waals surface area contributed by atoms with Gasteiger partial charge in [-0.2, -0.15) is 11.8 Å². The summed E-state index contributed by atoms with van der Waals surface area (Å²) in [5.74, 6) is 0. The Bertz CT molecular complexity index is 375. The summed E-state index contributed by atoms with van der Waals surface area (Å²) in [6, 6.07) is 9.79. The van der Waals surface area contributed by atoms with E-state index >= 15 is 0 Å². The molecule has 1 amide bonds. The lowest BCUT2D eigenvalue weighted by atomic mass is 10.1. The fraction of sp³-hybridized carbons (Fsp3) is 0.500. The molecule has 1 aliphatic rings. The van der Waals surface area contributed by atoms with Crippen LogP contribution in [0.15, 0.2) is 30.3 Å². The molecule has 1 aliphatic heterocycles. The van der Waals surface area contributed by atoms with Crippen molar-refractivity contribution in [1.82, 2.24) is 4.90 Å². The van der Waals surface area contributed by atoms with Crippen LogP contribution < -0.4 is 0 Å². The van der Waals surface area contributed by atoms with E-state index in [4.69, 9.17) is 4.74 Å². The Balaban J connectivity index is 1.75. The van der Waals surface area contributed by atoms with Crippen molar-refractivity contribution in [1.29, 1.82) is 0 Å². The van der Waals surface area contributed by atoms with Gasteiger partial charge < -0.3 is 9.64 Å². The molecular formula is C14H19NO2S. The molecule has 0 unspecified atom stereocenters. The van der Waals surface area contributed by atoms with Crippen molar-refractivity contribution in [2.75, 3.05) is 19.3 Å². The Morgan fingerprint density at radius 2 is 2.00 bits per heavy atom. The Kier molecular flexibility index (Phi) is 4.93. The summed E-state index contributed by atoms with van der Waals surface area (Å²) in [7, 11) is 0. The van der Waals surface area contributed by atoms with Crippen LogP contribution in [0.1, 0.15) is 18.4 Å². The highest BCUT2D eigenvalue weighted by Crippen LogP contribution is 2.21. The van der Waals surface area contributed by atoms with Crippen molar-refractivity contribution in [3.63, 3.8) is 0 Å². The minimum absolute atomic E-state index is 0.182. The van der Waals surface area contributed by atoms with E-state index in [1.54, 1.807) is 0 Å². The fourth-order valence-electron chi connectivity index (χ4n) is 2.08. The van der Waals surface area contributed by atoms with E-state index in [2.05, 4.69) is 6.26 Å². The molecule has 2 rings (SSSR count). The van der Waals surface area contributed by atoms with Crippen molar-refractivity contribution >= 4 is 17.9 Å². The minimum Gasteiger partial charge on any atom is -0.445 e. The summed E-state index contributed by atoms with van der Waals surface area (Å²) >= 11 is 1.89. The summed E-state index contributed by atoms with van der Waals surface area (Å²) in [5, 5.41) is 0.697. The number of carbonyl (C=O) groups excluding carboxylic acids is 1. The van der Waals surface area contributed by atoms with Gasteiger partial charge in [-0.3, -0.25) is 0 Å². The van der Waals surface area contributed by atoms with E-state index in [1.807, 2.05) is 47.0 Å². The molecule has 0 N–H and O–H groups in total. The summed E-state index contributed by atoms with van der Waals surface area (Å²) in [5.41, 5.74) is 1.03. The van der Waals surface area contributed by atoms with Crippen LogP contribution in [-0.2, 0) is 11.3 Å². The molecule has 0 radical (unpaired) electrons. The van der Waals surface area contributed by atoms with Crippen molar-refractivity contribution in [3.05, 3.63) is 35.9 Å². The van der Waals surface area contributed by atoms with Gasteiger partial charge in [-0.05, 0) is 24.7 Å². The van der Waals surface area contributed by atoms with Gasteiger partial charge in [0.15, 0.2) is 0 Å². The highest BCUT2D eigenvalue weighted by molar-refractivity contribution is 7.99. The first-order valence-electron chi connectivity index (χ1n) is 6.28. The van der Waals surface area contributed by atoms with Crippen molar-refractivity contribution in [3.8, 4) is 0 Å². The molecule has 1 heterocycles. The quantitative estimate of drug-likeness (QED) is 0.841. The van der Waals surface area contributed by atoms with Gasteiger partial charge in [0.1, 0.15) is 6.61 Å². The monoisotopic (exact) mass is 265 g/mol. The zero-order chi connectivity index (χ0) is 12.8. The number of hydrogen-bond acceptors (Lipinski definition) is 3. The molecule has 0 spiro atoms. The molecule has 0 atom stereocenters. The van der Waals surface area contributed by atoms with Crippen molar-refractivity contribution < 1.29 is 9.53 Å². The third kappa shape index (κ3) is 3.67. The van der Waals surface area contributed by atoms with Crippen LogP contribution in [0.3, 0.4) is 0 Å². The number of carbonyl (C=O) groups is 1. The number of piperidine rings is 1. The Morgan fingerprint density at radius 3 is 2.61 bits per heavy atom. The van der Waals surface area contributed by atoms with Gasteiger partial charge in [0, 0.05) is 18.3 Å². The Hall–Kier alpha value is -1.16. The molecule has 1 fully saturated rings. The molecule has 18 heavy (non-hydrogen) atoms. The first-order chi connectivity index (χ1) is 8.79. The smallest absolute Gasteiger partial charge is 0.410 e.